The van der Waals surface area contributed by atoms with E-state index in [4.69, 9.17) is 0 Å². The van der Waals surface area contributed by atoms with E-state index >= 15 is 0 Å². The van der Waals surface area contributed by atoms with Gasteiger partial charge < -0.3 is 0 Å². The molecule has 0 heteroatoms. The lowest BCUT2D eigenvalue weighted by atomic mass is 9.80. The summed E-state index contributed by atoms with van der Waals surface area (Å²) in [7, 11) is 0. The number of rotatable bonds is 2. The minimum absolute atomic E-state index is 1.26. The molecular formula is C42H26. The molecule has 42 heavy (non-hydrogen) atoms. The van der Waals surface area contributed by atoms with Crippen molar-refractivity contribution in [3.05, 3.63) is 180 Å². The van der Waals surface area contributed by atoms with Gasteiger partial charge in [-0.05, 0) is 99.7 Å². The summed E-state index contributed by atoms with van der Waals surface area (Å²) < 4.78 is 0. The van der Waals surface area contributed by atoms with Gasteiger partial charge in [0.05, 0.1) is 0 Å². The molecule has 0 N–H and O–H groups in total. The van der Waals surface area contributed by atoms with Crippen molar-refractivity contribution in [2.45, 2.75) is 0 Å². The largest absolute Gasteiger partial charge is 0.0616 e. The Morgan fingerprint density at radius 3 is 0.929 bits per heavy atom. The van der Waals surface area contributed by atoms with Crippen LogP contribution in [0.25, 0.3) is 65.4 Å². The topological polar surface area (TPSA) is 0 Å². The van der Waals surface area contributed by atoms with E-state index in [2.05, 4.69) is 158 Å². The summed E-state index contributed by atoms with van der Waals surface area (Å²) in [5.74, 6) is 0. The number of hydrogen-bond donors (Lipinski definition) is 0. The fourth-order valence-electron chi connectivity index (χ4n) is 7.23. The Labute approximate surface area is 244 Å². The Hall–Kier alpha value is -5.46. The van der Waals surface area contributed by atoms with Crippen LogP contribution in [-0.2, 0) is 0 Å². The third kappa shape index (κ3) is 3.30. The van der Waals surface area contributed by atoms with E-state index in [1.165, 1.54) is 87.6 Å². The molecule has 0 spiro atoms. The van der Waals surface area contributed by atoms with Crippen molar-refractivity contribution >= 4 is 54.2 Å². The highest BCUT2D eigenvalue weighted by Gasteiger charge is 2.30. The highest BCUT2D eigenvalue weighted by atomic mass is 14.3. The summed E-state index contributed by atoms with van der Waals surface area (Å²) in [5, 5.41) is 10.1. The van der Waals surface area contributed by atoms with Crippen LogP contribution >= 0.6 is 0 Å². The lowest BCUT2D eigenvalue weighted by Gasteiger charge is -2.22. The molecule has 0 fully saturated rings. The highest BCUT2D eigenvalue weighted by Crippen LogP contribution is 2.52. The van der Waals surface area contributed by atoms with E-state index in [9.17, 15) is 0 Å². The zero-order valence-corrected chi connectivity index (χ0v) is 23.0. The van der Waals surface area contributed by atoms with Crippen molar-refractivity contribution in [2.24, 2.45) is 0 Å². The first-order valence-corrected chi connectivity index (χ1v) is 14.6. The van der Waals surface area contributed by atoms with Gasteiger partial charge in [0.15, 0.2) is 0 Å². The Kier molecular flexibility index (Phi) is 5.00. The van der Waals surface area contributed by atoms with E-state index in [-0.39, 0.29) is 0 Å². The van der Waals surface area contributed by atoms with Crippen molar-refractivity contribution < 1.29 is 0 Å². The van der Waals surface area contributed by atoms with Crippen molar-refractivity contribution in [3.8, 4) is 11.1 Å². The quantitative estimate of drug-likeness (QED) is 0.195. The van der Waals surface area contributed by atoms with Crippen molar-refractivity contribution in [1.82, 2.24) is 0 Å². The maximum absolute atomic E-state index is 2.34. The van der Waals surface area contributed by atoms with Crippen LogP contribution in [0.3, 0.4) is 0 Å². The minimum Gasteiger partial charge on any atom is -0.0616 e. The summed E-state index contributed by atoms with van der Waals surface area (Å²) in [4.78, 5) is 0. The van der Waals surface area contributed by atoms with Gasteiger partial charge in [-0.3, -0.25) is 0 Å². The maximum atomic E-state index is 2.34. The van der Waals surface area contributed by atoms with Crippen LogP contribution in [0.15, 0.2) is 158 Å². The van der Waals surface area contributed by atoms with E-state index < -0.39 is 0 Å². The van der Waals surface area contributed by atoms with Gasteiger partial charge in [0.1, 0.15) is 0 Å². The van der Waals surface area contributed by atoms with Crippen molar-refractivity contribution in [1.29, 1.82) is 0 Å². The van der Waals surface area contributed by atoms with Crippen LogP contribution < -0.4 is 0 Å². The van der Waals surface area contributed by atoms with Gasteiger partial charge in [-0.25, -0.2) is 0 Å². The standard InChI is InChI=1S/C42H26/c1-5-17-31-27(13-1)25-28-14-2-6-18-32(28)39(31)42(41-37-23-11-9-21-35(37)36-22-10-12-24-38(36)41)40-33-19-7-3-15-29(33)26-30-16-4-8-20-34(30)40/h1-26H. The summed E-state index contributed by atoms with van der Waals surface area (Å²) in [6, 6.07) is 58.1. The second kappa shape index (κ2) is 9.03. The lowest BCUT2D eigenvalue weighted by Crippen LogP contribution is -1.99. The van der Waals surface area contributed by atoms with Gasteiger partial charge in [0.2, 0.25) is 0 Å². The van der Waals surface area contributed by atoms with Crippen LogP contribution in [0, 0.1) is 0 Å². The minimum atomic E-state index is 1.26. The molecule has 0 nitrogen and oxygen atoms in total. The average Bonchev–Trinajstić information content (AvgIpc) is 3.38. The third-order valence-electron chi connectivity index (χ3n) is 8.98. The molecule has 8 aromatic carbocycles. The van der Waals surface area contributed by atoms with Gasteiger partial charge >= 0.3 is 0 Å². The molecule has 0 radical (unpaired) electrons. The Morgan fingerprint density at radius 2 is 0.571 bits per heavy atom. The lowest BCUT2D eigenvalue weighted by molar-refractivity contribution is 1.63. The molecule has 0 amide bonds. The molecule has 9 rings (SSSR count). The predicted octanol–water partition coefficient (Wildman–Crippen LogP) is 11.3. The number of fused-ring (bicyclic) bond motifs is 7. The molecular weight excluding hydrogens is 504 g/mol. The first-order valence-electron chi connectivity index (χ1n) is 14.6. The second-order valence-electron chi connectivity index (χ2n) is 11.2. The zero-order chi connectivity index (χ0) is 27.6. The van der Waals surface area contributed by atoms with Gasteiger partial charge in [-0.15, -0.1) is 0 Å². The zero-order valence-electron chi connectivity index (χ0n) is 23.0. The molecule has 0 atom stereocenters. The van der Waals surface area contributed by atoms with Crippen LogP contribution in [0.1, 0.15) is 22.3 Å². The molecule has 0 aliphatic heterocycles. The molecule has 0 bridgehead atoms. The Balaban J connectivity index is 1.61. The summed E-state index contributed by atoms with van der Waals surface area (Å²) in [6.07, 6.45) is 0. The molecule has 0 saturated heterocycles. The maximum Gasteiger partial charge on any atom is -0.000140 e. The fourth-order valence-corrected chi connectivity index (χ4v) is 7.23. The fraction of sp³-hybridized carbons (Fsp3) is 0. The smallest absolute Gasteiger partial charge is 0.000140 e. The first kappa shape index (κ1) is 23.3. The van der Waals surface area contributed by atoms with E-state index in [0.29, 0.717) is 0 Å². The van der Waals surface area contributed by atoms with E-state index in [1.807, 2.05) is 0 Å². The summed E-state index contributed by atoms with van der Waals surface area (Å²) in [6.45, 7) is 0. The van der Waals surface area contributed by atoms with Crippen molar-refractivity contribution in [2.75, 3.05) is 0 Å². The highest BCUT2D eigenvalue weighted by molar-refractivity contribution is 6.26. The average molecular weight is 531 g/mol. The monoisotopic (exact) mass is 530 g/mol. The molecule has 8 aromatic rings. The molecule has 0 unspecified atom stereocenters. The molecule has 0 aromatic heterocycles. The summed E-state index contributed by atoms with van der Waals surface area (Å²) >= 11 is 0. The Bertz CT molecular complexity index is 2130. The summed E-state index contributed by atoms with van der Waals surface area (Å²) in [5.41, 5.74) is 10.4. The second-order valence-corrected chi connectivity index (χ2v) is 11.2. The SMILES string of the molecule is c1ccc2c(c1)C(=C(c1c3ccccc3cc3ccccc13)c1c3ccccc3cc3ccccc13)c1ccccc1-2. The Morgan fingerprint density at radius 1 is 0.286 bits per heavy atom. The first-order chi connectivity index (χ1) is 20.9. The van der Waals surface area contributed by atoms with Gasteiger partial charge in [0.25, 0.3) is 0 Å². The molecule has 1 aliphatic rings. The van der Waals surface area contributed by atoms with Gasteiger partial charge in [0, 0.05) is 0 Å². The van der Waals surface area contributed by atoms with Crippen LogP contribution in [0.5, 0.6) is 0 Å². The van der Waals surface area contributed by atoms with E-state index in [1.54, 1.807) is 0 Å². The molecule has 0 saturated carbocycles. The van der Waals surface area contributed by atoms with Gasteiger partial charge in [-0.2, -0.15) is 0 Å². The third-order valence-corrected chi connectivity index (χ3v) is 8.98. The van der Waals surface area contributed by atoms with Gasteiger partial charge in [-0.1, -0.05) is 146 Å². The van der Waals surface area contributed by atoms with Crippen LogP contribution in [0.4, 0.5) is 0 Å². The van der Waals surface area contributed by atoms with E-state index in [0.717, 1.165) is 0 Å². The van der Waals surface area contributed by atoms with Crippen LogP contribution in [-0.4, -0.2) is 0 Å². The number of hydrogen-bond acceptors (Lipinski definition) is 0. The predicted molar refractivity (Wildman–Crippen MR) is 180 cm³/mol. The molecule has 194 valence electrons. The van der Waals surface area contributed by atoms with Crippen molar-refractivity contribution in [3.63, 3.8) is 0 Å². The van der Waals surface area contributed by atoms with Crippen LogP contribution in [0.2, 0.25) is 0 Å². The molecule has 0 heterocycles. The molecule has 1 aliphatic carbocycles. The number of benzene rings is 8. The normalized spacial score (nSPS) is 12.2.